The van der Waals surface area contributed by atoms with Crippen molar-refractivity contribution in [3.63, 3.8) is 0 Å². The van der Waals surface area contributed by atoms with Gasteiger partial charge in [0.2, 0.25) is 0 Å². The minimum absolute atomic E-state index is 0.188. The van der Waals surface area contributed by atoms with Gasteiger partial charge in [-0.15, -0.1) is 13.2 Å². The van der Waals surface area contributed by atoms with Gasteiger partial charge >= 0.3 is 0 Å². The number of halogens is 1. The van der Waals surface area contributed by atoms with E-state index in [-0.39, 0.29) is 17.5 Å². The number of carbonyl (C=O) groups excluding carboxylic acids is 2. The fourth-order valence-corrected chi connectivity index (χ4v) is 4.81. The van der Waals surface area contributed by atoms with Crippen LogP contribution >= 0.6 is 0 Å². The highest BCUT2D eigenvalue weighted by molar-refractivity contribution is 7.89. The number of hydrogen-bond donors (Lipinski definition) is 2. The average molecular weight is 581 g/mol. The molecular formula is C32H37FN2O5S. The van der Waals surface area contributed by atoms with Gasteiger partial charge in [-0.3, -0.25) is 4.79 Å². The van der Waals surface area contributed by atoms with Gasteiger partial charge in [0.25, 0.3) is 5.91 Å². The smallest absolute Gasteiger partial charge is 0.255 e. The van der Waals surface area contributed by atoms with E-state index in [0.717, 1.165) is 16.5 Å². The number of furan rings is 1. The molecule has 1 amide bonds. The topological polar surface area (TPSA) is 119 Å². The number of allylic oxidation sites excluding steroid dienone is 1. The average Bonchev–Trinajstić information content (AvgIpc) is 3.30. The molecule has 0 unspecified atom stereocenters. The van der Waals surface area contributed by atoms with Crippen LogP contribution in [0, 0.1) is 12.7 Å². The summed E-state index contributed by atoms with van der Waals surface area (Å²) in [4.78, 5) is 20.7. The van der Waals surface area contributed by atoms with E-state index in [9.17, 15) is 17.6 Å². The first-order valence-corrected chi connectivity index (χ1v) is 14.6. The number of nitrogens with one attached hydrogen (secondary N) is 1. The lowest BCUT2D eigenvalue weighted by Crippen LogP contribution is -2.21. The first-order valence-electron chi connectivity index (χ1n) is 12.5. The van der Waals surface area contributed by atoms with Crippen molar-refractivity contribution in [2.24, 2.45) is 5.73 Å². The second kappa shape index (κ2) is 16.1. The lowest BCUT2D eigenvalue weighted by Gasteiger charge is -2.12. The first-order chi connectivity index (χ1) is 19.6. The Balaban J connectivity index is 0.00000131. The number of amides is 1. The van der Waals surface area contributed by atoms with Crippen LogP contribution in [0.15, 0.2) is 90.5 Å². The quantitative estimate of drug-likeness (QED) is 0.238. The number of hydrogen-bond acceptors (Lipinski definition) is 6. The Morgan fingerprint density at radius 1 is 1.00 bits per heavy atom. The molecule has 0 aliphatic heterocycles. The van der Waals surface area contributed by atoms with Gasteiger partial charge in [-0.25, -0.2) is 12.8 Å². The molecule has 0 saturated heterocycles. The maximum atomic E-state index is 13.4. The molecule has 0 fully saturated rings. The van der Waals surface area contributed by atoms with Crippen LogP contribution in [0.5, 0.6) is 0 Å². The molecule has 0 radical (unpaired) electrons. The fraction of sp³-hybridized carbons (Fsp3) is 0.188. The van der Waals surface area contributed by atoms with Crippen molar-refractivity contribution in [1.82, 2.24) is 5.32 Å². The number of nitrogens with two attached hydrogens (primary N) is 1. The van der Waals surface area contributed by atoms with Crippen molar-refractivity contribution in [3.8, 4) is 22.5 Å². The van der Waals surface area contributed by atoms with Crippen LogP contribution in [-0.4, -0.2) is 34.4 Å². The summed E-state index contributed by atoms with van der Waals surface area (Å²) in [7, 11) is -1.86. The molecule has 0 spiro atoms. The van der Waals surface area contributed by atoms with Crippen LogP contribution < -0.4 is 11.1 Å². The van der Waals surface area contributed by atoms with E-state index in [1.165, 1.54) is 25.4 Å². The summed E-state index contributed by atoms with van der Waals surface area (Å²) in [6, 6.07) is 16.7. The van der Waals surface area contributed by atoms with Crippen molar-refractivity contribution in [2.45, 2.75) is 26.0 Å². The van der Waals surface area contributed by atoms with Gasteiger partial charge in [-0.1, -0.05) is 25.6 Å². The summed E-state index contributed by atoms with van der Waals surface area (Å²) in [5, 5.41) is 3.58. The second-order valence-corrected chi connectivity index (χ2v) is 10.8. The maximum Gasteiger partial charge on any atom is 0.255 e. The predicted molar refractivity (Wildman–Crippen MR) is 166 cm³/mol. The molecule has 1 heterocycles. The zero-order valence-electron chi connectivity index (χ0n) is 23.9. The SMILES string of the molecule is C=C.C=C(CC)NC(=O)c1cccc(-c2cc3c(C)c(-c4ccc(F)cc4)oc3cc2CS(C)(=O)=O)c1.C=O.CN. The Hall–Kier alpha value is -4.34. The van der Waals surface area contributed by atoms with E-state index in [1.807, 2.05) is 32.8 Å². The van der Waals surface area contributed by atoms with Crippen LogP contribution in [-0.2, 0) is 20.4 Å². The third-order valence-corrected chi connectivity index (χ3v) is 6.67. The fourth-order valence-electron chi connectivity index (χ4n) is 4.00. The predicted octanol–water partition coefficient (Wildman–Crippen LogP) is 6.60. The van der Waals surface area contributed by atoms with Gasteiger partial charge in [0.15, 0.2) is 9.84 Å². The van der Waals surface area contributed by atoms with E-state index in [4.69, 9.17) is 9.21 Å². The normalized spacial score (nSPS) is 10.2. The molecule has 218 valence electrons. The largest absolute Gasteiger partial charge is 0.456 e. The van der Waals surface area contributed by atoms with E-state index < -0.39 is 9.84 Å². The highest BCUT2D eigenvalue weighted by atomic mass is 32.2. The van der Waals surface area contributed by atoms with Gasteiger partial charge in [0.05, 0.1) is 5.75 Å². The Morgan fingerprint density at radius 2 is 1.61 bits per heavy atom. The Bertz CT molecular complexity index is 1590. The lowest BCUT2D eigenvalue weighted by atomic mass is 9.95. The van der Waals surface area contributed by atoms with E-state index in [1.54, 1.807) is 36.4 Å². The summed E-state index contributed by atoms with van der Waals surface area (Å²) < 4.78 is 44.0. The standard InChI is InChI=1S/C28H26FNO4S.C2H4.CH5N.CH2O/c1-5-17(2)30-28(31)21-8-6-7-20(13-21)25-15-24-18(3)27(19-9-11-23(29)12-10-19)34-26(24)14-22(25)16-35(4,32)33;3*1-2/h6-15H,2,5,16H2,1,3-4H3,(H,30,31);1-2H2;2H2,1H3;1H2. The Morgan fingerprint density at radius 3 is 2.17 bits per heavy atom. The van der Waals surface area contributed by atoms with Gasteiger partial charge in [0.1, 0.15) is 23.9 Å². The number of sulfone groups is 1. The Kier molecular flexibility index (Phi) is 13.6. The zero-order valence-corrected chi connectivity index (χ0v) is 24.7. The Labute approximate surface area is 241 Å². The first kappa shape index (κ1) is 34.7. The molecule has 0 saturated carbocycles. The third-order valence-electron chi connectivity index (χ3n) is 5.84. The summed E-state index contributed by atoms with van der Waals surface area (Å²) in [5.41, 5.74) is 9.64. The van der Waals surface area contributed by atoms with E-state index in [2.05, 4.69) is 30.8 Å². The molecule has 0 bridgehead atoms. The maximum absolute atomic E-state index is 13.4. The highest BCUT2D eigenvalue weighted by Crippen LogP contribution is 2.38. The number of carbonyl (C=O) groups is 2. The van der Waals surface area contributed by atoms with Crippen molar-refractivity contribution in [1.29, 1.82) is 0 Å². The van der Waals surface area contributed by atoms with Crippen LogP contribution in [0.25, 0.3) is 33.4 Å². The highest BCUT2D eigenvalue weighted by Gasteiger charge is 2.19. The summed E-state index contributed by atoms with van der Waals surface area (Å²) in [6.07, 6.45) is 1.80. The third kappa shape index (κ3) is 9.09. The second-order valence-electron chi connectivity index (χ2n) is 8.63. The molecule has 3 aromatic carbocycles. The zero-order chi connectivity index (χ0) is 31.3. The lowest BCUT2D eigenvalue weighted by molar-refractivity contribution is -0.0980. The van der Waals surface area contributed by atoms with Gasteiger partial charge in [-0.05, 0) is 85.6 Å². The van der Waals surface area contributed by atoms with E-state index in [0.29, 0.717) is 45.7 Å². The molecule has 4 rings (SSSR count). The summed E-state index contributed by atoms with van der Waals surface area (Å²) in [6.45, 7) is 15.6. The minimum Gasteiger partial charge on any atom is -0.456 e. The van der Waals surface area contributed by atoms with Crippen molar-refractivity contribution >= 4 is 33.5 Å². The van der Waals surface area contributed by atoms with Crippen LogP contribution in [0.1, 0.15) is 34.8 Å². The van der Waals surface area contributed by atoms with Crippen molar-refractivity contribution < 1.29 is 26.8 Å². The molecule has 41 heavy (non-hydrogen) atoms. The molecule has 9 heteroatoms. The molecule has 0 aliphatic carbocycles. The number of aryl methyl sites for hydroxylation is 1. The van der Waals surface area contributed by atoms with E-state index >= 15 is 0 Å². The number of fused-ring (bicyclic) bond motifs is 1. The minimum atomic E-state index is -3.36. The summed E-state index contributed by atoms with van der Waals surface area (Å²) >= 11 is 0. The molecule has 3 N–H and O–H groups in total. The molecule has 0 aliphatic rings. The molecule has 1 aromatic heterocycles. The van der Waals surface area contributed by atoms with Gasteiger partial charge in [0, 0.05) is 34.0 Å². The van der Waals surface area contributed by atoms with Crippen LogP contribution in [0.3, 0.4) is 0 Å². The molecule has 0 atom stereocenters. The van der Waals surface area contributed by atoms with Crippen molar-refractivity contribution in [2.75, 3.05) is 13.3 Å². The van der Waals surface area contributed by atoms with Gasteiger partial charge in [-0.2, -0.15) is 0 Å². The van der Waals surface area contributed by atoms with Crippen molar-refractivity contribution in [3.05, 3.63) is 109 Å². The monoisotopic (exact) mass is 580 g/mol. The molecule has 7 nitrogen and oxygen atoms in total. The molecule has 4 aromatic rings. The number of benzene rings is 3. The number of rotatable bonds is 7. The van der Waals surface area contributed by atoms with Crippen LogP contribution in [0.4, 0.5) is 4.39 Å². The van der Waals surface area contributed by atoms with Gasteiger partial charge < -0.3 is 20.3 Å². The molecular weight excluding hydrogens is 543 g/mol. The van der Waals surface area contributed by atoms with Crippen LogP contribution in [0.2, 0.25) is 0 Å². The summed E-state index contributed by atoms with van der Waals surface area (Å²) in [5.74, 6) is -0.213.